The van der Waals surface area contributed by atoms with Crippen LogP contribution < -0.4 is 11.1 Å². The van der Waals surface area contributed by atoms with Crippen LogP contribution in [0.3, 0.4) is 0 Å². The van der Waals surface area contributed by atoms with Gasteiger partial charge in [-0.15, -0.1) is 0 Å². The number of nitrogens with one attached hydrogen (secondary N) is 1. The van der Waals surface area contributed by atoms with E-state index >= 15 is 0 Å². The van der Waals surface area contributed by atoms with E-state index in [1.807, 2.05) is 0 Å². The lowest BCUT2D eigenvalue weighted by molar-refractivity contribution is -0.132. The van der Waals surface area contributed by atoms with Gasteiger partial charge >= 0.3 is 0 Å². The van der Waals surface area contributed by atoms with Gasteiger partial charge in [-0.05, 0) is 18.8 Å². The lowest BCUT2D eigenvalue weighted by atomic mass is 10.0. The number of nitrogens with two attached hydrogens (primary N) is 1. The number of likely N-dealkylation sites (tertiary alicyclic amines) is 1. The molecule has 2 amide bonds. The number of carbonyl (C=O) groups excluding carboxylic acids is 2. The molecule has 1 rings (SSSR count). The van der Waals surface area contributed by atoms with Gasteiger partial charge < -0.3 is 16.0 Å². The van der Waals surface area contributed by atoms with Gasteiger partial charge in [-0.1, -0.05) is 13.8 Å². The highest BCUT2D eigenvalue weighted by Crippen LogP contribution is 2.13. The maximum atomic E-state index is 12.0. The first-order valence-corrected chi connectivity index (χ1v) is 6.21. The van der Waals surface area contributed by atoms with Crippen molar-refractivity contribution in [2.24, 2.45) is 11.7 Å². The molecule has 0 radical (unpaired) electrons. The third-order valence-electron chi connectivity index (χ3n) is 2.95. The summed E-state index contributed by atoms with van der Waals surface area (Å²) in [6, 6.07) is -0.325. The lowest BCUT2D eigenvalue weighted by Gasteiger charge is -2.22. The Hall–Kier alpha value is -1.10. The molecule has 5 nitrogen and oxygen atoms in total. The quantitative estimate of drug-likeness (QED) is 0.733. The van der Waals surface area contributed by atoms with Crippen molar-refractivity contribution in [2.75, 3.05) is 13.1 Å². The van der Waals surface area contributed by atoms with Crippen LogP contribution >= 0.6 is 0 Å². The number of amides is 2. The maximum Gasteiger partial charge on any atom is 0.239 e. The van der Waals surface area contributed by atoms with E-state index in [1.165, 1.54) is 6.92 Å². The minimum absolute atomic E-state index is 0.00607. The van der Waals surface area contributed by atoms with Gasteiger partial charge in [-0.25, -0.2) is 0 Å². The Morgan fingerprint density at radius 2 is 2.12 bits per heavy atom. The molecule has 3 N–H and O–H groups in total. The highest BCUT2D eigenvalue weighted by atomic mass is 16.2. The van der Waals surface area contributed by atoms with E-state index in [1.54, 1.807) is 4.90 Å². The van der Waals surface area contributed by atoms with Crippen molar-refractivity contribution in [1.82, 2.24) is 10.2 Å². The Kier molecular flexibility index (Phi) is 4.93. The van der Waals surface area contributed by atoms with E-state index in [4.69, 9.17) is 5.73 Å². The number of rotatable bonds is 4. The van der Waals surface area contributed by atoms with Gasteiger partial charge in [0.05, 0.1) is 6.04 Å². The molecule has 0 bridgehead atoms. The summed E-state index contributed by atoms with van der Waals surface area (Å²) >= 11 is 0. The van der Waals surface area contributed by atoms with Crippen molar-refractivity contribution < 1.29 is 9.59 Å². The second-order valence-corrected chi connectivity index (χ2v) is 5.21. The van der Waals surface area contributed by atoms with Crippen LogP contribution in [0, 0.1) is 5.92 Å². The van der Waals surface area contributed by atoms with Gasteiger partial charge in [-0.2, -0.15) is 0 Å². The molecule has 1 heterocycles. The van der Waals surface area contributed by atoms with E-state index in [-0.39, 0.29) is 17.9 Å². The van der Waals surface area contributed by atoms with Gasteiger partial charge in [0.1, 0.15) is 0 Å². The van der Waals surface area contributed by atoms with E-state index in [0.29, 0.717) is 25.4 Å². The molecule has 5 heteroatoms. The molecule has 1 saturated heterocycles. The molecule has 1 aliphatic heterocycles. The second-order valence-electron chi connectivity index (χ2n) is 5.21. The van der Waals surface area contributed by atoms with Gasteiger partial charge in [0.15, 0.2) is 0 Å². The average Bonchev–Trinajstić information content (AvgIpc) is 2.62. The summed E-state index contributed by atoms with van der Waals surface area (Å²) in [5.74, 6) is 0.380. The van der Waals surface area contributed by atoms with Gasteiger partial charge in [0.2, 0.25) is 11.8 Å². The first kappa shape index (κ1) is 14.0. The summed E-state index contributed by atoms with van der Waals surface area (Å²) in [7, 11) is 0. The van der Waals surface area contributed by atoms with Crippen LogP contribution in [-0.4, -0.2) is 41.9 Å². The van der Waals surface area contributed by atoms with Crippen LogP contribution in [0.25, 0.3) is 0 Å². The minimum Gasteiger partial charge on any atom is -0.352 e. The van der Waals surface area contributed by atoms with Crippen molar-refractivity contribution in [2.45, 2.75) is 45.7 Å². The number of carbonyl (C=O) groups is 2. The van der Waals surface area contributed by atoms with Crippen LogP contribution in [0.1, 0.15) is 33.6 Å². The topological polar surface area (TPSA) is 75.4 Å². The first-order chi connectivity index (χ1) is 7.90. The minimum atomic E-state index is -0.411. The monoisotopic (exact) mass is 241 g/mol. The molecule has 1 fully saturated rings. The Labute approximate surface area is 103 Å². The number of hydrogen-bond acceptors (Lipinski definition) is 3. The Balaban J connectivity index is 2.42. The summed E-state index contributed by atoms with van der Waals surface area (Å²) in [5.41, 5.74) is 5.87. The fourth-order valence-corrected chi connectivity index (χ4v) is 2.21. The molecule has 2 atom stereocenters. The zero-order valence-electron chi connectivity index (χ0n) is 10.9. The molecule has 0 spiro atoms. The van der Waals surface area contributed by atoms with E-state index in [0.717, 1.165) is 6.42 Å². The SMILES string of the molecule is CC(=O)NC1CCN(C(=O)[C@H](N)CC(C)C)C1. The Morgan fingerprint density at radius 1 is 1.47 bits per heavy atom. The second kappa shape index (κ2) is 6.00. The molecule has 0 aliphatic carbocycles. The van der Waals surface area contributed by atoms with Crippen molar-refractivity contribution in [1.29, 1.82) is 0 Å². The molecule has 0 aromatic carbocycles. The van der Waals surface area contributed by atoms with Crippen molar-refractivity contribution >= 4 is 11.8 Å². The lowest BCUT2D eigenvalue weighted by Crippen LogP contribution is -2.45. The molecule has 0 saturated carbocycles. The zero-order valence-corrected chi connectivity index (χ0v) is 10.9. The molecule has 1 unspecified atom stereocenters. The molecular weight excluding hydrogens is 218 g/mol. The molecular formula is C12H23N3O2. The summed E-state index contributed by atoms with van der Waals surface area (Å²) in [6.45, 7) is 6.88. The van der Waals surface area contributed by atoms with Gasteiger partial charge in [0.25, 0.3) is 0 Å². The molecule has 98 valence electrons. The fraction of sp³-hybridized carbons (Fsp3) is 0.833. The van der Waals surface area contributed by atoms with Crippen LogP contribution in [0.4, 0.5) is 0 Å². The standard InChI is InChI=1S/C12H23N3O2/c1-8(2)6-11(13)12(17)15-5-4-10(7-15)14-9(3)16/h8,10-11H,4-7,13H2,1-3H3,(H,14,16)/t10?,11-/m1/s1. The number of nitrogens with zero attached hydrogens (tertiary/aromatic N) is 1. The van der Waals surface area contributed by atoms with Crippen LogP contribution in [-0.2, 0) is 9.59 Å². The van der Waals surface area contributed by atoms with Crippen molar-refractivity contribution in [3.8, 4) is 0 Å². The van der Waals surface area contributed by atoms with Gasteiger partial charge in [-0.3, -0.25) is 9.59 Å². The molecule has 17 heavy (non-hydrogen) atoms. The summed E-state index contributed by atoms with van der Waals surface area (Å²) < 4.78 is 0. The maximum absolute atomic E-state index is 12.0. The predicted octanol–water partition coefficient (Wildman–Crippen LogP) is 0.0968. The first-order valence-electron chi connectivity index (χ1n) is 6.21. The van der Waals surface area contributed by atoms with E-state index < -0.39 is 6.04 Å². The predicted molar refractivity (Wildman–Crippen MR) is 66.2 cm³/mol. The normalized spacial score (nSPS) is 21.7. The molecule has 0 aromatic rings. The fourth-order valence-electron chi connectivity index (χ4n) is 2.21. The van der Waals surface area contributed by atoms with Crippen LogP contribution in [0.5, 0.6) is 0 Å². The van der Waals surface area contributed by atoms with Crippen LogP contribution in [0.2, 0.25) is 0 Å². The number of hydrogen-bond donors (Lipinski definition) is 2. The van der Waals surface area contributed by atoms with E-state index in [2.05, 4.69) is 19.2 Å². The van der Waals surface area contributed by atoms with E-state index in [9.17, 15) is 9.59 Å². The third kappa shape index (κ3) is 4.34. The summed E-state index contributed by atoms with van der Waals surface area (Å²) in [5, 5.41) is 2.83. The highest BCUT2D eigenvalue weighted by Gasteiger charge is 2.29. The largest absolute Gasteiger partial charge is 0.352 e. The summed E-state index contributed by atoms with van der Waals surface area (Å²) in [6.07, 6.45) is 1.53. The average molecular weight is 241 g/mol. The third-order valence-corrected chi connectivity index (χ3v) is 2.95. The molecule has 0 aromatic heterocycles. The smallest absolute Gasteiger partial charge is 0.239 e. The van der Waals surface area contributed by atoms with Crippen LogP contribution in [0.15, 0.2) is 0 Å². The highest BCUT2D eigenvalue weighted by molar-refractivity contribution is 5.82. The molecule has 1 aliphatic rings. The zero-order chi connectivity index (χ0) is 13.0. The van der Waals surface area contributed by atoms with Crippen molar-refractivity contribution in [3.05, 3.63) is 0 Å². The van der Waals surface area contributed by atoms with Gasteiger partial charge in [0, 0.05) is 26.1 Å². The van der Waals surface area contributed by atoms with Crippen molar-refractivity contribution in [3.63, 3.8) is 0 Å². The Bertz CT molecular complexity index is 291. The Morgan fingerprint density at radius 3 is 2.65 bits per heavy atom. The summed E-state index contributed by atoms with van der Waals surface area (Å²) in [4.78, 5) is 24.7.